The highest BCUT2D eigenvalue weighted by Crippen LogP contribution is 2.29. The van der Waals surface area contributed by atoms with Crippen molar-refractivity contribution in [2.75, 3.05) is 25.5 Å². The lowest BCUT2D eigenvalue weighted by molar-refractivity contribution is 0.187. The van der Waals surface area contributed by atoms with E-state index in [2.05, 4.69) is 15.2 Å². The normalized spacial score (nSPS) is 18.5. The van der Waals surface area contributed by atoms with Crippen LogP contribution in [0.2, 0.25) is 0 Å². The summed E-state index contributed by atoms with van der Waals surface area (Å²) >= 11 is 0. The number of ether oxygens (including phenoxy) is 1. The molecule has 140 valence electrons. The van der Waals surface area contributed by atoms with Crippen molar-refractivity contribution < 1.29 is 17.9 Å². The van der Waals surface area contributed by atoms with Crippen molar-refractivity contribution in [3.05, 3.63) is 42.2 Å². The van der Waals surface area contributed by atoms with E-state index in [1.807, 2.05) is 19.3 Å². The van der Waals surface area contributed by atoms with Crippen LogP contribution in [0.4, 0.5) is 10.5 Å². The Morgan fingerprint density at radius 2 is 2.00 bits per heavy atom. The number of carbonyl (C=O) groups excluding carboxylic acids is 1. The number of nitrogens with zero attached hydrogens (tertiary/aromatic N) is 3. The third-order valence-corrected chi connectivity index (χ3v) is 6.34. The van der Waals surface area contributed by atoms with Gasteiger partial charge < -0.3 is 4.74 Å². The predicted octanol–water partition coefficient (Wildman–Crippen LogP) is 2.17. The van der Waals surface area contributed by atoms with Crippen LogP contribution >= 0.6 is 0 Å². The van der Waals surface area contributed by atoms with Gasteiger partial charge in [-0.25, -0.2) is 13.2 Å². The Balaban J connectivity index is 1.75. The Hall–Kier alpha value is -2.39. The lowest BCUT2D eigenvalue weighted by atomic mass is 9.96. The summed E-state index contributed by atoms with van der Waals surface area (Å²) in [7, 11) is -0.474. The van der Waals surface area contributed by atoms with E-state index in [9.17, 15) is 13.2 Å². The van der Waals surface area contributed by atoms with Crippen LogP contribution in [0.25, 0.3) is 0 Å². The molecule has 0 spiro atoms. The van der Waals surface area contributed by atoms with Gasteiger partial charge in [-0.1, -0.05) is 0 Å². The molecule has 0 saturated carbocycles. The number of nitrogens with one attached hydrogen (secondary N) is 1. The summed E-state index contributed by atoms with van der Waals surface area (Å²) in [5.74, 6) is 0.0972. The fourth-order valence-corrected chi connectivity index (χ4v) is 4.60. The summed E-state index contributed by atoms with van der Waals surface area (Å²) < 4.78 is 33.7. The van der Waals surface area contributed by atoms with E-state index >= 15 is 0 Å². The van der Waals surface area contributed by atoms with Gasteiger partial charge in [0.05, 0.1) is 17.7 Å². The van der Waals surface area contributed by atoms with E-state index in [-0.39, 0.29) is 10.8 Å². The van der Waals surface area contributed by atoms with Gasteiger partial charge in [-0.15, -0.1) is 0 Å². The molecule has 0 bridgehead atoms. The highest BCUT2D eigenvalue weighted by atomic mass is 32.2. The number of anilines is 1. The molecule has 26 heavy (non-hydrogen) atoms. The predicted molar refractivity (Wildman–Crippen MR) is 96.4 cm³/mol. The smallest absolute Gasteiger partial charge is 0.411 e. The van der Waals surface area contributed by atoms with Crippen LogP contribution in [0.3, 0.4) is 0 Å². The first kappa shape index (κ1) is 18.4. The molecule has 1 aromatic heterocycles. The minimum absolute atomic E-state index is 0.0972. The fraction of sp³-hybridized carbons (Fsp3) is 0.412. The summed E-state index contributed by atoms with van der Waals surface area (Å²) in [6.07, 6.45) is 2.98. The lowest BCUT2D eigenvalue weighted by Crippen LogP contribution is -2.39. The molecule has 0 aliphatic carbocycles. The second kappa shape index (κ2) is 7.46. The van der Waals surface area contributed by atoms with Crippen molar-refractivity contribution in [3.8, 4) is 0 Å². The molecule has 8 nitrogen and oxygen atoms in total. The molecule has 1 amide bonds. The van der Waals surface area contributed by atoms with Gasteiger partial charge in [0, 0.05) is 37.9 Å². The first-order chi connectivity index (χ1) is 12.4. The Labute approximate surface area is 152 Å². The number of aryl methyl sites for hydroxylation is 1. The number of methoxy groups -OCH3 is 1. The maximum absolute atomic E-state index is 12.9. The molecule has 1 saturated heterocycles. The zero-order valence-corrected chi connectivity index (χ0v) is 15.6. The molecule has 2 aromatic rings. The number of sulfonamides is 1. The van der Waals surface area contributed by atoms with Crippen molar-refractivity contribution >= 4 is 21.8 Å². The third-order valence-electron chi connectivity index (χ3n) is 4.46. The highest BCUT2D eigenvalue weighted by molar-refractivity contribution is 7.89. The molecule has 9 heteroatoms. The number of piperidine rings is 1. The molecule has 3 rings (SSSR count). The van der Waals surface area contributed by atoms with E-state index in [0.29, 0.717) is 18.8 Å². The topological polar surface area (TPSA) is 93.5 Å². The van der Waals surface area contributed by atoms with Crippen LogP contribution in [0.5, 0.6) is 0 Å². The summed E-state index contributed by atoms with van der Waals surface area (Å²) in [5.41, 5.74) is 1.39. The van der Waals surface area contributed by atoms with E-state index in [1.165, 1.54) is 23.5 Å². The van der Waals surface area contributed by atoms with Gasteiger partial charge in [-0.3, -0.25) is 10.00 Å². The Morgan fingerprint density at radius 3 is 2.62 bits per heavy atom. The zero-order valence-electron chi connectivity index (χ0n) is 14.8. The highest BCUT2D eigenvalue weighted by Gasteiger charge is 2.31. The molecule has 1 N–H and O–H groups in total. The largest absolute Gasteiger partial charge is 0.453 e. The second-order valence-electron chi connectivity index (χ2n) is 6.26. The van der Waals surface area contributed by atoms with Gasteiger partial charge in [-0.2, -0.15) is 9.40 Å². The standard InChI is InChI=1S/C17H22N4O4S/c1-20-11-9-16(19-20)13-4-3-10-21(12-13)26(23,24)15-7-5-14(6-8-15)18-17(22)25-2/h5-9,11,13H,3-4,10,12H2,1-2H3,(H,18,22)/t13-/m1/s1. The number of hydrogen-bond donors (Lipinski definition) is 1. The number of hydrogen-bond acceptors (Lipinski definition) is 5. The SMILES string of the molecule is COC(=O)Nc1ccc(S(=O)(=O)N2CCC[C@@H](c3ccn(C)n3)C2)cc1. The fourth-order valence-electron chi connectivity index (χ4n) is 3.08. The minimum atomic E-state index is -3.59. The molecular formula is C17H22N4O4S. The summed E-state index contributed by atoms with van der Waals surface area (Å²) in [5, 5.41) is 6.91. The molecule has 1 fully saturated rings. The van der Waals surface area contributed by atoms with Crippen molar-refractivity contribution in [1.29, 1.82) is 0 Å². The second-order valence-corrected chi connectivity index (χ2v) is 8.20. The van der Waals surface area contributed by atoms with Crippen molar-refractivity contribution in [2.45, 2.75) is 23.7 Å². The first-order valence-electron chi connectivity index (χ1n) is 8.35. The Kier molecular flexibility index (Phi) is 5.28. The van der Waals surface area contributed by atoms with Crippen LogP contribution in [0.1, 0.15) is 24.5 Å². The quantitative estimate of drug-likeness (QED) is 0.880. The lowest BCUT2D eigenvalue weighted by Gasteiger charge is -2.31. The summed E-state index contributed by atoms with van der Waals surface area (Å²) in [4.78, 5) is 11.4. The number of rotatable bonds is 4. The van der Waals surface area contributed by atoms with E-state index in [4.69, 9.17) is 0 Å². The molecule has 1 atom stereocenters. The monoisotopic (exact) mass is 378 g/mol. The first-order valence-corrected chi connectivity index (χ1v) is 9.79. The molecule has 0 unspecified atom stereocenters. The van der Waals surface area contributed by atoms with E-state index in [1.54, 1.807) is 16.8 Å². The molecule has 1 aromatic carbocycles. The number of amides is 1. The molecule has 1 aliphatic heterocycles. The summed E-state index contributed by atoms with van der Waals surface area (Å²) in [6, 6.07) is 8.01. The van der Waals surface area contributed by atoms with Crippen molar-refractivity contribution in [2.24, 2.45) is 7.05 Å². The average molecular weight is 378 g/mol. The van der Waals surface area contributed by atoms with Crippen LogP contribution in [0.15, 0.2) is 41.4 Å². The van der Waals surface area contributed by atoms with Crippen LogP contribution in [-0.4, -0.2) is 48.8 Å². The molecule has 0 radical (unpaired) electrons. The minimum Gasteiger partial charge on any atom is -0.453 e. The summed E-state index contributed by atoms with van der Waals surface area (Å²) in [6.45, 7) is 0.912. The van der Waals surface area contributed by atoms with Crippen LogP contribution in [0, 0.1) is 0 Å². The molecule has 1 aliphatic rings. The zero-order chi connectivity index (χ0) is 18.7. The van der Waals surface area contributed by atoms with Crippen molar-refractivity contribution in [3.63, 3.8) is 0 Å². The molecule has 2 heterocycles. The Morgan fingerprint density at radius 1 is 1.27 bits per heavy atom. The van der Waals surface area contributed by atoms with Gasteiger partial charge in [0.2, 0.25) is 10.0 Å². The maximum atomic E-state index is 12.9. The van der Waals surface area contributed by atoms with E-state index in [0.717, 1.165) is 18.5 Å². The van der Waals surface area contributed by atoms with E-state index < -0.39 is 16.1 Å². The van der Waals surface area contributed by atoms with Gasteiger partial charge in [0.15, 0.2) is 0 Å². The van der Waals surface area contributed by atoms with Crippen LogP contribution < -0.4 is 5.32 Å². The number of aromatic nitrogens is 2. The van der Waals surface area contributed by atoms with Gasteiger partial charge in [-0.05, 0) is 43.2 Å². The van der Waals surface area contributed by atoms with Gasteiger partial charge in [0.1, 0.15) is 0 Å². The van der Waals surface area contributed by atoms with Crippen molar-refractivity contribution in [1.82, 2.24) is 14.1 Å². The van der Waals surface area contributed by atoms with Crippen LogP contribution in [-0.2, 0) is 21.8 Å². The number of carbonyl (C=O) groups is 1. The maximum Gasteiger partial charge on any atom is 0.411 e. The Bertz CT molecular complexity index is 876. The average Bonchev–Trinajstić information content (AvgIpc) is 3.08. The van der Waals surface area contributed by atoms with Gasteiger partial charge in [0.25, 0.3) is 0 Å². The third kappa shape index (κ3) is 3.88. The number of benzene rings is 1. The molecular weight excluding hydrogens is 356 g/mol. The van der Waals surface area contributed by atoms with Gasteiger partial charge >= 0.3 is 6.09 Å².